The first-order chi connectivity index (χ1) is 12.5. The highest BCUT2D eigenvalue weighted by Crippen LogP contribution is 2.30. The van der Waals surface area contributed by atoms with Crippen LogP contribution in [0.25, 0.3) is 0 Å². The Morgan fingerprint density at radius 1 is 1.30 bits per heavy atom. The largest absolute Gasteiger partial charge is 0.356 e. The number of urea groups is 1. The van der Waals surface area contributed by atoms with Crippen molar-refractivity contribution in [2.45, 2.75) is 58.0 Å². The Morgan fingerprint density at radius 3 is 2.41 bits per heavy atom. The van der Waals surface area contributed by atoms with Gasteiger partial charge in [0.2, 0.25) is 5.91 Å². The van der Waals surface area contributed by atoms with Gasteiger partial charge in [-0.05, 0) is 46.5 Å². The summed E-state index contributed by atoms with van der Waals surface area (Å²) in [6, 6.07) is -0.420. The summed E-state index contributed by atoms with van der Waals surface area (Å²) in [5.41, 5.74) is -1.08. The normalized spacial score (nSPS) is 24.5. The summed E-state index contributed by atoms with van der Waals surface area (Å²) in [5.74, 6) is 0.580. The van der Waals surface area contributed by atoms with Crippen molar-refractivity contribution in [1.82, 2.24) is 26.2 Å². The lowest BCUT2D eigenvalue weighted by Crippen LogP contribution is -2.55. The van der Waals surface area contributed by atoms with Crippen LogP contribution < -0.4 is 21.3 Å². The van der Waals surface area contributed by atoms with Crippen molar-refractivity contribution in [1.29, 1.82) is 0 Å². The molecule has 4 N–H and O–H groups in total. The van der Waals surface area contributed by atoms with E-state index >= 15 is 0 Å². The van der Waals surface area contributed by atoms with E-state index in [0.717, 1.165) is 31.9 Å². The first-order valence-corrected chi connectivity index (χ1v) is 9.45. The lowest BCUT2D eigenvalue weighted by molar-refractivity contribution is -0.125. The van der Waals surface area contributed by atoms with Crippen molar-refractivity contribution >= 4 is 23.8 Å². The first-order valence-electron chi connectivity index (χ1n) is 9.45. The topological polar surface area (TPSA) is 115 Å². The van der Waals surface area contributed by atoms with Crippen LogP contribution in [0.1, 0.15) is 47.0 Å². The number of piperidine rings is 1. The molecule has 1 atom stereocenters. The van der Waals surface area contributed by atoms with Crippen molar-refractivity contribution in [3.05, 3.63) is 0 Å². The van der Waals surface area contributed by atoms with Crippen molar-refractivity contribution in [3.8, 4) is 0 Å². The minimum absolute atomic E-state index is 0.0000679. The average molecular weight is 380 g/mol. The monoisotopic (exact) mass is 380 g/mol. The Bertz CT molecular complexity index is 619. The minimum atomic E-state index is -0.842. The number of likely N-dealkylation sites (tertiary alicyclic amines) is 1. The van der Waals surface area contributed by atoms with Gasteiger partial charge in [0.1, 0.15) is 5.54 Å². The van der Waals surface area contributed by atoms with Gasteiger partial charge in [-0.15, -0.1) is 0 Å². The molecule has 0 aromatic carbocycles. The third kappa shape index (κ3) is 5.33. The van der Waals surface area contributed by atoms with Crippen molar-refractivity contribution < 1.29 is 14.4 Å². The second-order valence-electron chi connectivity index (χ2n) is 8.39. The molecule has 4 amide bonds. The van der Waals surface area contributed by atoms with Gasteiger partial charge in [-0.2, -0.15) is 0 Å². The third-order valence-electron chi connectivity index (χ3n) is 5.04. The van der Waals surface area contributed by atoms with Crippen LogP contribution in [0, 0.1) is 5.92 Å². The number of hydrogen-bond donors (Lipinski definition) is 4. The zero-order valence-electron chi connectivity index (χ0n) is 16.9. The van der Waals surface area contributed by atoms with E-state index in [1.807, 2.05) is 20.8 Å². The molecule has 1 unspecified atom stereocenters. The molecular weight excluding hydrogens is 348 g/mol. The van der Waals surface area contributed by atoms with Crippen LogP contribution >= 0.6 is 0 Å². The van der Waals surface area contributed by atoms with Gasteiger partial charge >= 0.3 is 6.03 Å². The molecule has 2 aliphatic rings. The Morgan fingerprint density at radius 2 is 1.93 bits per heavy atom. The lowest BCUT2D eigenvalue weighted by Gasteiger charge is -2.39. The maximum atomic E-state index is 12.1. The molecule has 0 radical (unpaired) electrons. The molecule has 2 aliphatic heterocycles. The van der Waals surface area contributed by atoms with Crippen LogP contribution in [-0.4, -0.2) is 66.5 Å². The van der Waals surface area contributed by atoms with Crippen molar-refractivity contribution in [3.63, 3.8) is 0 Å². The summed E-state index contributed by atoms with van der Waals surface area (Å²) < 4.78 is 0. The van der Waals surface area contributed by atoms with E-state index in [9.17, 15) is 14.4 Å². The molecule has 0 aromatic rings. The highest BCUT2D eigenvalue weighted by Gasteiger charge is 2.48. The van der Waals surface area contributed by atoms with E-state index < -0.39 is 11.6 Å². The number of nitrogens with one attached hydrogen (secondary N) is 4. The minimum Gasteiger partial charge on any atom is -0.356 e. The third-order valence-corrected chi connectivity index (χ3v) is 5.04. The summed E-state index contributed by atoms with van der Waals surface area (Å²) in [5, 5.41) is 11.3. The molecule has 0 aromatic heterocycles. The number of amides is 4. The van der Waals surface area contributed by atoms with Crippen LogP contribution in [0.3, 0.4) is 0 Å². The van der Waals surface area contributed by atoms with Gasteiger partial charge in [0.05, 0.1) is 0 Å². The average Bonchev–Trinajstić information content (AvgIpc) is 2.83. The van der Waals surface area contributed by atoms with E-state index in [4.69, 9.17) is 0 Å². The zero-order chi connectivity index (χ0) is 20.2. The predicted octanol–water partition coefficient (Wildman–Crippen LogP) is 0.177. The Balaban J connectivity index is 1.81. The molecule has 9 heteroatoms. The molecular formula is C18H32N6O3. The van der Waals surface area contributed by atoms with Crippen LogP contribution in [0.2, 0.25) is 0 Å². The number of nitrogens with zero attached hydrogens (tertiary/aromatic N) is 2. The molecule has 9 nitrogen and oxygen atoms in total. The molecule has 2 saturated heterocycles. The van der Waals surface area contributed by atoms with Crippen molar-refractivity contribution in [2.75, 3.05) is 26.7 Å². The number of imide groups is 1. The van der Waals surface area contributed by atoms with Crippen LogP contribution in [0.5, 0.6) is 0 Å². The predicted molar refractivity (Wildman–Crippen MR) is 103 cm³/mol. The molecule has 0 spiro atoms. The summed E-state index contributed by atoms with van der Waals surface area (Å²) in [4.78, 5) is 41.9. The Labute approximate surface area is 160 Å². The van der Waals surface area contributed by atoms with Gasteiger partial charge in [0, 0.05) is 38.6 Å². The molecule has 0 bridgehead atoms. The lowest BCUT2D eigenvalue weighted by atomic mass is 9.79. The van der Waals surface area contributed by atoms with E-state index in [-0.39, 0.29) is 23.3 Å². The summed E-state index contributed by atoms with van der Waals surface area (Å²) in [7, 11) is 1.72. The zero-order valence-corrected chi connectivity index (χ0v) is 16.9. The van der Waals surface area contributed by atoms with E-state index in [1.165, 1.54) is 0 Å². The fraction of sp³-hybridized carbons (Fsp3) is 0.778. The highest BCUT2D eigenvalue weighted by molar-refractivity contribution is 6.07. The van der Waals surface area contributed by atoms with Gasteiger partial charge in [0.25, 0.3) is 5.91 Å². The molecule has 152 valence electrons. The number of aliphatic imine (C=N–C) groups is 1. The fourth-order valence-electron chi connectivity index (χ4n) is 3.61. The van der Waals surface area contributed by atoms with Crippen LogP contribution in [-0.2, 0) is 9.59 Å². The number of rotatable bonds is 4. The van der Waals surface area contributed by atoms with Gasteiger partial charge in [-0.25, -0.2) is 4.79 Å². The fourth-order valence-corrected chi connectivity index (χ4v) is 3.61. The number of hydrogen-bond acceptors (Lipinski definition) is 4. The van der Waals surface area contributed by atoms with Gasteiger partial charge in [-0.3, -0.25) is 19.9 Å². The number of carbonyl (C=O) groups is 3. The van der Waals surface area contributed by atoms with Crippen molar-refractivity contribution in [2.24, 2.45) is 10.9 Å². The summed E-state index contributed by atoms with van der Waals surface area (Å²) in [6.07, 6.45) is 1.92. The van der Waals surface area contributed by atoms with Gasteiger partial charge < -0.3 is 20.9 Å². The second kappa shape index (κ2) is 8.14. The SMILES string of the molecule is CN=C(NCCC(=O)NC(C)(C)C)N1CCC(C2(C)NC(=O)NC2=O)CC1. The van der Waals surface area contributed by atoms with E-state index in [0.29, 0.717) is 13.0 Å². The molecule has 2 heterocycles. The second-order valence-corrected chi connectivity index (χ2v) is 8.39. The molecule has 2 rings (SSSR count). The summed E-state index contributed by atoms with van der Waals surface area (Å²) in [6.45, 7) is 9.62. The molecule has 2 fully saturated rings. The molecule has 27 heavy (non-hydrogen) atoms. The smallest absolute Gasteiger partial charge is 0.322 e. The van der Waals surface area contributed by atoms with Gasteiger partial charge in [0.15, 0.2) is 5.96 Å². The van der Waals surface area contributed by atoms with Crippen LogP contribution in [0.4, 0.5) is 4.79 Å². The maximum Gasteiger partial charge on any atom is 0.322 e. The van der Waals surface area contributed by atoms with E-state index in [2.05, 4.69) is 31.2 Å². The molecule has 0 saturated carbocycles. The molecule has 0 aliphatic carbocycles. The quantitative estimate of drug-likeness (QED) is 0.315. The number of guanidine groups is 1. The summed E-state index contributed by atoms with van der Waals surface area (Å²) >= 11 is 0. The van der Waals surface area contributed by atoms with Gasteiger partial charge in [-0.1, -0.05) is 0 Å². The van der Waals surface area contributed by atoms with Crippen LogP contribution in [0.15, 0.2) is 4.99 Å². The Kier molecular flexibility index (Phi) is 6.33. The van der Waals surface area contributed by atoms with E-state index in [1.54, 1.807) is 14.0 Å². The highest BCUT2D eigenvalue weighted by atomic mass is 16.2. The Hall–Kier alpha value is -2.32. The number of carbonyl (C=O) groups excluding carboxylic acids is 3. The first kappa shape index (κ1) is 21.0. The maximum absolute atomic E-state index is 12.1. The standard InChI is InChI=1S/C18H32N6O3/c1-17(2,3)22-13(25)6-9-20-15(19-5)24-10-7-12(8-11-24)18(4)14(26)21-16(27)23-18/h12H,6-11H2,1-5H3,(H,19,20)(H,22,25)(H2,21,23,26,27).